The molecule has 0 aliphatic rings. The van der Waals surface area contributed by atoms with Gasteiger partial charge in [0.15, 0.2) is 0 Å². The van der Waals surface area contributed by atoms with E-state index in [-0.39, 0.29) is 11.9 Å². The van der Waals surface area contributed by atoms with Gasteiger partial charge in [-0.25, -0.2) is 0 Å². The summed E-state index contributed by atoms with van der Waals surface area (Å²) in [6, 6.07) is 0. The molecule has 0 unspecified atom stereocenters. The van der Waals surface area contributed by atoms with Crippen LogP contribution in [0.15, 0.2) is 0 Å². The van der Waals surface area contributed by atoms with Crippen molar-refractivity contribution in [1.29, 1.82) is 0 Å². The van der Waals surface area contributed by atoms with E-state index in [0.29, 0.717) is 11.5 Å². The number of hydrogen-bond donors (Lipinski definition) is 0. The molecule has 0 bridgehead atoms. The fourth-order valence-electron chi connectivity index (χ4n) is 1.17. The molecule has 20 heavy (non-hydrogen) atoms. The second-order valence-electron chi connectivity index (χ2n) is 6.28. The lowest BCUT2D eigenvalue weighted by Crippen LogP contribution is -2.30. The van der Waals surface area contributed by atoms with Gasteiger partial charge in [-0.1, -0.05) is 0 Å². The molecule has 0 heterocycles. The van der Waals surface area contributed by atoms with Gasteiger partial charge in [-0.2, -0.15) is 0 Å². The average molecular weight is 355 g/mol. The van der Waals surface area contributed by atoms with Gasteiger partial charge >= 0.3 is 11.9 Å². The van der Waals surface area contributed by atoms with Crippen molar-refractivity contribution >= 4 is 52.1 Å². The first-order valence-electron chi connectivity index (χ1n) is 6.59. The van der Waals surface area contributed by atoms with E-state index in [1.807, 2.05) is 39.3 Å². The van der Waals surface area contributed by atoms with Crippen LogP contribution in [0.5, 0.6) is 0 Å². The largest absolute Gasteiger partial charge is 0.519 e. The van der Waals surface area contributed by atoms with Crippen LogP contribution in [0.2, 0.25) is 39.3 Å². The smallest absolute Gasteiger partial charge is 0.302 e. The van der Waals surface area contributed by atoms with Gasteiger partial charge in [-0.15, -0.1) is 23.5 Å². The van der Waals surface area contributed by atoms with E-state index < -0.39 is 16.6 Å². The molecule has 0 radical (unpaired) electrons. The summed E-state index contributed by atoms with van der Waals surface area (Å²) < 4.78 is 10.7. The fourth-order valence-corrected chi connectivity index (χ4v) is 4.57. The summed E-state index contributed by atoms with van der Waals surface area (Å²) >= 11 is 3.10. The van der Waals surface area contributed by atoms with Crippen LogP contribution in [0, 0.1) is 0 Å². The number of carbonyl (C=O) groups excluding carboxylic acids is 2. The number of rotatable bonds is 9. The maximum absolute atomic E-state index is 11.5. The average Bonchev–Trinajstić information content (AvgIpc) is 2.17. The third kappa shape index (κ3) is 14.5. The highest BCUT2D eigenvalue weighted by Gasteiger charge is 2.20. The molecule has 8 heteroatoms. The van der Waals surface area contributed by atoms with Crippen molar-refractivity contribution in [3.05, 3.63) is 0 Å². The van der Waals surface area contributed by atoms with E-state index in [1.165, 1.54) is 0 Å². The Kier molecular flexibility index (Phi) is 9.20. The topological polar surface area (TPSA) is 52.6 Å². The van der Waals surface area contributed by atoms with E-state index in [9.17, 15) is 9.59 Å². The Labute approximate surface area is 133 Å². The van der Waals surface area contributed by atoms with E-state index in [2.05, 4.69) is 0 Å². The molecule has 0 aromatic heterocycles. The predicted octanol–water partition coefficient (Wildman–Crippen LogP) is 3.21. The monoisotopic (exact) mass is 354 g/mol. The Morgan fingerprint density at radius 3 is 1.30 bits per heavy atom. The van der Waals surface area contributed by atoms with Gasteiger partial charge in [0.05, 0.1) is 11.5 Å². The van der Waals surface area contributed by atoms with E-state index in [4.69, 9.17) is 8.85 Å². The third-order valence-electron chi connectivity index (χ3n) is 1.65. The highest BCUT2D eigenvalue weighted by atomic mass is 32.2. The Balaban J connectivity index is 3.54. The molecule has 118 valence electrons. The molecule has 0 fully saturated rings. The van der Waals surface area contributed by atoms with Crippen molar-refractivity contribution in [2.24, 2.45) is 0 Å². The maximum atomic E-state index is 11.5. The summed E-state index contributed by atoms with van der Waals surface area (Å²) in [6.45, 7) is 12.0. The van der Waals surface area contributed by atoms with Crippen LogP contribution in [0.1, 0.15) is 0 Å². The lowest BCUT2D eigenvalue weighted by atomic mass is 10.8. The molecule has 0 saturated carbocycles. The number of hydrogen-bond acceptors (Lipinski definition) is 6. The van der Waals surface area contributed by atoms with Crippen molar-refractivity contribution in [2.75, 3.05) is 23.0 Å². The summed E-state index contributed by atoms with van der Waals surface area (Å²) in [4.78, 5) is 22.9. The zero-order valence-electron chi connectivity index (χ0n) is 13.3. The molecule has 0 rings (SSSR count). The van der Waals surface area contributed by atoms with Crippen LogP contribution in [0.25, 0.3) is 0 Å². The molecule has 0 saturated heterocycles. The normalized spacial score (nSPS) is 12.1. The Bertz CT molecular complexity index is 292. The van der Waals surface area contributed by atoms with Gasteiger partial charge in [-0.3, -0.25) is 9.59 Å². The maximum Gasteiger partial charge on any atom is 0.302 e. The first-order chi connectivity index (χ1) is 8.99. The fraction of sp³-hybridized carbons (Fsp3) is 0.833. The van der Waals surface area contributed by atoms with Gasteiger partial charge in [-0.05, 0) is 39.3 Å². The van der Waals surface area contributed by atoms with Crippen LogP contribution in [-0.4, -0.2) is 51.6 Å². The molecular formula is C12H26O4S2Si2. The quantitative estimate of drug-likeness (QED) is 0.468. The summed E-state index contributed by atoms with van der Waals surface area (Å²) in [7, 11) is -3.52. The second kappa shape index (κ2) is 9.16. The summed E-state index contributed by atoms with van der Waals surface area (Å²) in [5, 5.41) is 0. The second-order valence-corrected chi connectivity index (χ2v) is 17.3. The lowest BCUT2D eigenvalue weighted by Gasteiger charge is -2.17. The molecule has 0 atom stereocenters. The van der Waals surface area contributed by atoms with Gasteiger partial charge in [0.1, 0.15) is 0 Å². The zero-order valence-corrected chi connectivity index (χ0v) is 16.9. The molecule has 0 spiro atoms. The molecule has 0 aromatic rings. The minimum atomic E-state index is -1.76. The van der Waals surface area contributed by atoms with Crippen LogP contribution in [-0.2, 0) is 18.4 Å². The van der Waals surface area contributed by atoms with Crippen LogP contribution in [0.3, 0.4) is 0 Å². The molecule has 4 nitrogen and oxygen atoms in total. The standard InChI is InChI=1S/C12H26O4S2Si2/c1-19(2,3)15-11(13)9-17-7-8-18-10-12(14)16-20(4,5)6/h7-10H2,1-6H3. The lowest BCUT2D eigenvalue weighted by molar-refractivity contribution is -0.133. The molecule has 0 aromatic carbocycles. The molecule has 0 N–H and O–H groups in total. The van der Waals surface area contributed by atoms with Crippen molar-refractivity contribution in [2.45, 2.75) is 39.3 Å². The number of thioether (sulfide) groups is 2. The summed E-state index contributed by atoms with van der Waals surface area (Å²) in [5.41, 5.74) is 0. The molecule has 0 aliphatic heterocycles. The van der Waals surface area contributed by atoms with E-state index >= 15 is 0 Å². The highest BCUT2D eigenvalue weighted by molar-refractivity contribution is 8.03. The number of carbonyl (C=O) groups is 2. The SMILES string of the molecule is C[Si](C)(C)OC(=O)CSCCSCC(=O)O[Si](C)(C)C. The van der Waals surface area contributed by atoms with Crippen molar-refractivity contribution < 1.29 is 18.4 Å². The highest BCUT2D eigenvalue weighted by Crippen LogP contribution is 2.11. The van der Waals surface area contributed by atoms with Gasteiger partial charge in [0, 0.05) is 11.5 Å². The summed E-state index contributed by atoms with van der Waals surface area (Å²) in [5.74, 6) is 2.21. The molecule has 0 aliphatic carbocycles. The van der Waals surface area contributed by atoms with Crippen molar-refractivity contribution in [3.8, 4) is 0 Å². The Morgan fingerprint density at radius 1 is 0.750 bits per heavy atom. The minimum Gasteiger partial charge on any atom is -0.519 e. The van der Waals surface area contributed by atoms with Gasteiger partial charge < -0.3 is 8.85 Å². The van der Waals surface area contributed by atoms with Crippen molar-refractivity contribution in [1.82, 2.24) is 0 Å². The Hall–Kier alpha value is 0.0738. The van der Waals surface area contributed by atoms with E-state index in [0.717, 1.165) is 11.5 Å². The van der Waals surface area contributed by atoms with Crippen LogP contribution in [0.4, 0.5) is 0 Å². The molecular weight excluding hydrogens is 328 g/mol. The minimum absolute atomic E-state index is 0.127. The predicted molar refractivity (Wildman–Crippen MR) is 93.5 cm³/mol. The Morgan fingerprint density at radius 2 is 1.05 bits per heavy atom. The van der Waals surface area contributed by atoms with E-state index in [1.54, 1.807) is 23.5 Å². The van der Waals surface area contributed by atoms with Gasteiger partial charge in [0.2, 0.25) is 16.6 Å². The zero-order chi connectivity index (χ0) is 15.8. The van der Waals surface area contributed by atoms with Gasteiger partial charge in [0.25, 0.3) is 0 Å². The first-order valence-corrected chi connectivity index (χ1v) is 15.7. The molecule has 0 amide bonds. The first kappa shape index (κ1) is 20.1. The third-order valence-corrected chi connectivity index (χ3v) is 5.46. The summed E-state index contributed by atoms with van der Waals surface area (Å²) in [6.07, 6.45) is 0. The van der Waals surface area contributed by atoms with Crippen LogP contribution < -0.4 is 0 Å². The van der Waals surface area contributed by atoms with Crippen molar-refractivity contribution in [3.63, 3.8) is 0 Å². The van der Waals surface area contributed by atoms with Crippen LogP contribution >= 0.6 is 23.5 Å².